The number of rotatable bonds is 3. The molecule has 2 nitrogen and oxygen atoms in total. The fraction of sp³-hybridized carbons (Fsp3) is 0.143. The van der Waals surface area contributed by atoms with Gasteiger partial charge in [0.1, 0.15) is 0 Å². The van der Waals surface area contributed by atoms with Crippen molar-refractivity contribution in [3.05, 3.63) is 65.5 Å². The van der Waals surface area contributed by atoms with E-state index in [9.17, 15) is 4.79 Å². The van der Waals surface area contributed by atoms with Gasteiger partial charge in [0, 0.05) is 18.0 Å². The van der Waals surface area contributed by atoms with E-state index in [0.717, 1.165) is 23.1 Å². The van der Waals surface area contributed by atoms with Gasteiger partial charge in [0.05, 0.1) is 0 Å². The van der Waals surface area contributed by atoms with Crippen LogP contribution in [-0.2, 0) is 6.42 Å². The lowest BCUT2D eigenvalue weighted by atomic mass is 9.99. The van der Waals surface area contributed by atoms with Crippen LogP contribution in [0.4, 0.5) is 0 Å². The SMILES string of the molecule is CC(=O)c1ccccc1Cc1cccnc1. The predicted molar refractivity (Wildman–Crippen MR) is 63.5 cm³/mol. The number of hydrogen-bond donors (Lipinski definition) is 0. The minimum absolute atomic E-state index is 0.111. The Morgan fingerprint density at radius 3 is 2.69 bits per heavy atom. The van der Waals surface area contributed by atoms with Gasteiger partial charge < -0.3 is 0 Å². The maximum Gasteiger partial charge on any atom is 0.160 e. The lowest BCUT2D eigenvalue weighted by Crippen LogP contribution is -2.00. The zero-order chi connectivity index (χ0) is 11.4. The van der Waals surface area contributed by atoms with Gasteiger partial charge in [-0.1, -0.05) is 30.3 Å². The van der Waals surface area contributed by atoms with Crippen molar-refractivity contribution in [1.29, 1.82) is 0 Å². The average molecular weight is 211 g/mol. The summed E-state index contributed by atoms with van der Waals surface area (Å²) in [6, 6.07) is 11.6. The number of carbonyl (C=O) groups excluding carboxylic acids is 1. The summed E-state index contributed by atoms with van der Waals surface area (Å²) in [6.07, 6.45) is 4.33. The molecule has 0 fully saturated rings. The second-order valence-electron chi connectivity index (χ2n) is 3.75. The summed E-state index contributed by atoms with van der Waals surface area (Å²) in [6.45, 7) is 1.60. The number of nitrogens with zero attached hydrogens (tertiary/aromatic N) is 1. The third kappa shape index (κ3) is 2.34. The highest BCUT2D eigenvalue weighted by atomic mass is 16.1. The highest BCUT2D eigenvalue weighted by Gasteiger charge is 2.06. The molecule has 0 aliphatic carbocycles. The molecule has 0 N–H and O–H groups in total. The van der Waals surface area contributed by atoms with Gasteiger partial charge in [-0.2, -0.15) is 0 Å². The van der Waals surface area contributed by atoms with Crippen molar-refractivity contribution in [3.8, 4) is 0 Å². The first-order valence-electron chi connectivity index (χ1n) is 5.25. The summed E-state index contributed by atoms with van der Waals surface area (Å²) in [4.78, 5) is 15.5. The van der Waals surface area contributed by atoms with E-state index in [1.54, 1.807) is 13.1 Å². The van der Waals surface area contributed by atoms with E-state index in [-0.39, 0.29) is 5.78 Å². The van der Waals surface area contributed by atoms with Crippen molar-refractivity contribution in [2.45, 2.75) is 13.3 Å². The number of Topliss-reactive ketones (excluding diaryl/α,β-unsaturated/α-hetero) is 1. The van der Waals surface area contributed by atoms with E-state index in [1.807, 2.05) is 42.6 Å². The largest absolute Gasteiger partial charge is 0.295 e. The van der Waals surface area contributed by atoms with Gasteiger partial charge in [0.15, 0.2) is 5.78 Å². The van der Waals surface area contributed by atoms with E-state index < -0.39 is 0 Å². The molecule has 1 heterocycles. The zero-order valence-corrected chi connectivity index (χ0v) is 9.18. The lowest BCUT2D eigenvalue weighted by Gasteiger charge is -2.06. The first-order chi connectivity index (χ1) is 7.77. The van der Waals surface area contributed by atoms with Gasteiger partial charge in [-0.15, -0.1) is 0 Å². The Morgan fingerprint density at radius 2 is 2.00 bits per heavy atom. The molecule has 0 bridgehead atoms. The van der Waals surface area contributed by atoms with Crippen LogP contribution in [0.2, 0.25) is 0 Å². The fourth-order valence-corrected chi connectivity index (χ4v) is 1.74. The minimum atomic E-state index is 0.111. The van der Waals surface area contributed by atoms with E-state index in [2.05, 4.69) is 4.98 Å². The summed E-state index contributed by atoms with van der Waals surface area (Å²) in [5, 5.41) is 0. The maximum atomic E-state index is 11.4. The molecule has 0 unspecified atom stereocenters. The van der Waals surface area contributed by atoms with Crippen molar-refractivity contribution < 1.29 is 4.79 Å². The number of benzene rings is 1. The van der Waals surface area contributed by atoms with E-state index in [1.165, 1.54) is 0 Å². The summed E-state index contributed by atoms with van der Waals surface area (Å²) < 4.78 is 0. The molecular weight excluding hydrogens is 198 g/mol. The van der Waals surface area contributed by atoms with Crippen LogP contribution in [0, 0.1) is 0 Å². The predicted octanol–water partition coefficient (Wildman–Crippen LogP) is 2.88. The van der Waals surface area contributed by atoms with Crippen molar-refractivity contribution >= 4 is 5.78 Å². The average Bonchev–Trinajstić information content (AvgIpc) is 2.31. The number of hydrogen-bond acceptors (Lipinski definition) is 2. The van der Waals surface area contributed by atoms with Gasteiger partial charge in [0.2, 0.25) is 0 Å². The van der Waals surface area contributed by atoms with Crippen LogP contribution in [0.5, 0.6) is 0 Å². The van der Waals surface area contributed by atoms with Crippen LogP contribution < -0.4 is 0 Å². The molecule has 0 saturated heterocycles. The molecule has 2 rings (SSSR count). The van der Waals surface area contributed by atoms with Crippen LogP contribution in [0.15, 0.2) is 48.8 Å². The molecule has 0 spiro atoms. The van der Waals surface area contributed by atoms with E-state index >= 15 is 0 Å². The number of ketones is 1. The summed E-state index contributed by atoms with van der Waals surface area (Å²) in [7, 11) is 0. The standard InChI is InChI=1S/C14H13NO/c1-11(16)14-7-3-2-6-13(14)9-12-5-4-8-15-10-12/h2-8,10H,9H2,1H3. The molecule has 2 aromatic rings. The molecule has 1 aromatic carbocycles. The molecule has 80 valence electrons. The molecule has 0 atom stereocenters. The van der Waals surface area contributed by atoms with Crippen molar-refractivity contribution in [2.24, 2.45) is 0 Å². The van der Waals surface area contributed by atoms with Gasteiger partial charge in [-0.3, -0.25) is 9.78 Å². The molecular formula is C14H13NO. The normalized spacial score (nSPS) is 10.1. The fourth-order valence-electron chi connectivity index (χ4n) is 1.74. The van der Waals surface area contributed by atoms with Crippen LogP contribution >= 0.6 is 0 Å². The third-order valence-corrected chi connectivity index (χ3v) is 2.51. The van der Waals surface area contributed by atoms with E-state index in [4.69, 9.17) is 0 Å². The number of carbonyl (C=O) groups is 1. The summed E-state index contributed by atoms with van der Waals surface area (Å²) in [5.74, 6) is 0.111. The van der Waals surface area contributed by atoms with Gasteiger partial charge in [-0.05, 0) is 30.5 Å². The number of aromatic nitrogens is 1. The smallest absolute Gasteiger partial charge is 0.160 e. The van der Waals surface area contributed by atoms with E-state index in [0.29, 0.717) is 0 Å². The highest BCUT2D eigenvalue weighted by Crippen LogP contribution is 2.14. The molecule has 0 aliphatic rings. The topological polar surface area (TPSA) is 30.0 Å². The molecule has 0 amide bonds. The van der Waals surface area contributed by atoms with Gasteiger partial charge in [-0.25, -0.2) is 0 Å². The second kappa shape index (κ2) is 4.71. The molecule has 0 aliphatic heterocycles. The Hall–Kier alpha value is -1.96. The maximum absolute atomic E-state index is 11.4. The van der Waals surface area contributed by atoms with Crippen molar-refractivity contribution in [2.75, 3.05) is 0 Å². The van der Waals surface area contributed by atoms with Gasteiger partial charge >= 0.3 is 0 Å². The van der Waals surface area contributed by atoms with Crippen LogP contribution in [0.3, 0.4) is 0 Å². The molecule has 1 aromatic heterocycles. The zero-order valence-electron chi connectivity index (χ0n) is 9.18. The molecule has 0 saturated carbocycles. The summed E-state index contributed by atoms with van der Waals surface area (Å²) >= 11 is 0. The minimum Gasteiger partial charge on any atom is -0.295 e. The Kier molecular flexibility index (Phi) is 3.10. The first-order valence-corrected chi connectivity index (χ1v) is 5.25. The van der Waals surface area contributed by atoms with Crippen molar-refractivity contribution in [1.82, 2.24) is 4.98 Å². The third-order valence-electron chi connectivity index (χ3n) is 2.51. The van der Waals surface area contributed by atoms with Crippen molar-refractivity contribution in [3.63, 3.8) is 0 Å². The van der Waals surface area contributed by atoms with Crippen LogP contribution in [0.25, 0.3) is 0 Å². The molecule has 0 radical (unpaired) electrons. The quantitative estimate of drug-likeness (QED) is 0.731. The lowest BCUT2D eigenvalue weighted by molar-refractivity contribution is 0.101. The summed E-state index contributed by atoms with van der Waals surface area (Å²) in [5.41, 5.74) is 2.98. The monoisotopic (exact) mass is 211 g/mol. The Bertz CT molecular complexity index is 491. The Balaban J connectivity index is 2.31. The Morgan fingerprint density at radius 1 is 1.19 bits per heavy atom. The van der Waals surface area contributed by atoms with Crippen LogP contribution in [0.1, 0.15) is 28.4 Å². The number of pyridine rings is 1. The molecule has 2 heteroatoms. The molecule has 16 heavy (non-hydrogen) atoms. The Labute approximate surface area is 95.0 Å². The second-order valence-corrected chi connectivity index (χ2v) is 3.75. The first kappa shape index (κ1) is 10.6. The van der Waals surface area contributed by atoms with Crippen LogP contribution in [-0.4, -0.2) is 10.8 Å². The van der Waals surface area contributed by atoms with Gasteiger partial charge in [0.25, 0.3) is 0 Å². The highest BCUT2D eigenvalue weighted by molar-refractivity contribution is 5.95.